The number of carbonyl (C=O) groups excluding carboxylic acids is 1. The zero-order valence-electron chi connectivity index (χ0n) is 11.4. The van der Waals surface area contributed by atoms with E-state index in [2.05, 4.69) is 26.1 Å². The van der Waals surface area contributed by atoms with Crippen molar-refractivity contribution in [3.63, 3.8) is 0 Å². The van der Waals surface area contributed by atoms with Gasteiger partial charge in [0.15, 0.2) is 0 Å². The molecule has 0 aromatic carbocycles. The molecule has 2 unspecified atom stereocenters. The van der Waals surface area contributed by atoms with Crippen molar-refractivity contribution in [1.82, 2.24) is 20.8 Å². The van der Waals surface area contributed by atoms with Crippen molar-refractivity contribution >= 4 is 11.9 Å². The standard InChI is InChI=1S/C11H21N5O2/c1-6(2)13-9(17)7(3)14-11-16-15-10(18-11)8(4)12-5/h6-8,12H,1-5H3,(H,13,17)(H,14,16). The molecule has 0 aliphatic rings. The van der Waals surface area contributed by atoms with Crippen LogP contribution in [0.3, 0.4) is 0 Å². The van der Waals surface area contributed by atoms with E-state index >= 15 is 0 Å². The molecule has 0 fully saturated rings. The largest absolute Gasteiger partial charge is 0.406 e. The van der Waals surface area contributed by atoms with Gasteiger partial charge >= 0.3 is 6.01 Å². The molecule has 0 bridgehead atoms. The Morgan fingerprint density at radius 1 is 1.22 bits per heavy atom. The van der Waals surface area contributed by atoms with Gasteiger partial charge in [-0.1, -0.05) is 5.10 Å². The zero-order valence-corrected chi connectivity index (χ0v) is 11.4. The minimum atomic E-state index is -0.425. The molecule has 1 aromatic rings. The SMILES string of the molecule is CNC(C)c1nnc(NC(C)C(=O)NC(C)C)o1. The fraction of sp³-hybridized carbons (Fsp3) is 0.727. The maximum absolute atomic E-state index is 11.7. The Morgan fingerprint density at radius 2 is 1.89 bits per heavy atom. The Morgan fingerprint density at radius 3 is 2.44 bits per heavy atom. The van der Waals surface area contributed by atoms with Crippen LogP contribution in [0.15, 0.2) is 4.42 Å². The number of carbonyl (C=O) groups is 1. The number of hydrogen-bond donors (Lipinski definition) is 3. The summed E-state index contributed by atoms with van der Waals surface area (Å²) in [7, 11) is 1.81. The van der Waals surface area contributed by atoms with E-state index in [-0.39, 0.29) is 24.0 Å². The molecule has 0 radical (unpaired) electrons. The van der Waals surface area contributed by atoms with Crippen molar-refractivity contribution in [2.45, 2.75) is 45.8 Å². The second-order valence-electron chi connectivity index (χ2n) is 4.49. The van der Waals surface area contributed by atoms with E-state index in [0.29, 0.717) is 5.89 Å². The molecule has 0 saturated heterocycles. The van der Waals surface area contributed by atoms with Crippen molar-refractivity contribution in [3.05, 3.63) is 5.89 Å². The lowest BCUT2D eigenvalue weighted by Gasteiger charge is -2.14. The fourth-order valence-electron chi connectivity index (χ4n) is 1.25. The van der Waals surface area contributed by atoms with Crippen LogP contribution < -0.4 is 16.0 Å². The lowest BCUT2D eigenvalue weighted by Crippen LogP contribution is -2.41. The highest BCUT2D eigenvalue weighted by molar-refractivity contribution is 5.83. The first-order valence-electron chi connectivity index (χ1n) is 6.01. The molecule has 1 heterocycles. The summed E-state index contributed by atoms with van der Waals surface area (Å²) in [5.74, 6) is 0.378. The molecule has 1 aromatic heterocycles. The first-order chi connectivity index (χ1) is 8.43. The Kier molecular flexibility index (Phi) is 5.08. The lowest BCUT2D eigenvalue weighted by molar-refractivity contribution is -0.122. The van der Waals surface area contributed by atoms with Crippen LogP contribution in [0.4, 0.5) is 6.01 Å². The predicted octanol–water partition coefficient (Wildman–Crippen LogP) is 0.675. The summed E-state index contributed by atoms with van der Waals surface area (Å²) in [6, 6.07) is -0.0961. The number of anilines is 1. The van der Waals surface area contributed by atoms with Gasteiger partial charge in [-0.3, -0.25) is 4.79 Å². The van der Waals surface area contributed by atoms with Gasteiger partial charge in [0.05, 0.1) is 6.04 Å². The molecule has 0 saturated carbocycles. The van der Waals surface area contributed by atoms with Crippen LogP contribution in [0.25, 0.3) is 0 Å². The number of amides is 1. The quantitative estimate of drug-likeness (QED) is 0.692. The maximum atomic E-state index is 11.7. The maximum Gasteiger partial charge on any atom is 0.316 e. The molecule has 7 nitrogen and oxygen atoms in total. The lowest BCUT2D eigenvalue weighted by atomic mass is 10.3. The summed E-state index contributed by atoms with van der Waals surface area (Å²) < 4.78 is 5.39. The topological polar surface area (TPSA) is 92.1 Å². The Balaban J connectivity index is 2.56. The summed E-state index contributed by atoms with van der Waals surface area (Å²) in [5, 5.41) is 16.4. The van der Waals surface area contributed by atoms with Crippen molar-refractivity contribution in [3.8, 4) is 0 Å². The van der Waals surface area contributed by atoms with Gasteiger partial charge in [0.1, 0.15) is 6.04 Å². The summed E-state index contributed by atoms with van der Waals surface area (Å²) in [6.07, 6.45) is 0. The molecular formula is C11H21N5O2. The minimum Gasteiger partial charge on any atom is -0.406 e. The molecule has 18 heavy (non-hydrogen) atoms. The number of nitrogens with one attached hydrogen (secondary N) is 3. The van der Waals surface area contributed by atoms with Gasteiger partial charge in [-0.05, 0) is 34.7 Å². The Labute approximate surface area is 107 Å². The van der Waals surface area contributed by atoms with Crippen molar-refractivity contribution < 1.29 is 9.21 Å². The summed E-state index contributed by atoms with van der Waals surface area (Å²) in [5.41, 5.74) is 0. The molecule has 0 aliphatic carbocycles. The molecular weight excluding hydrogens is 234 g/mol. The van der Waals surface area contributed by atoms with Crippen molar-refractivity contribution in [2.75, 3.05) is 12.4 Å². The van der Waals surface area contributed by atoms with Crippen LogP contribution in [0.1, 0.15) is 39.6 Å². The van der Waals surface area contributed by atoms with Gasteiger partial charge in [0.2, 0.25) is 11.8 Å². The number of hydrogen-bond acceptors (Lipinski definition) is 6. The van der Waals surface area contributed by atoms with Gasteiger partial charge in [0.25, 0.3) is 0 Å². The molecule has 102 valence electrons. The molecule has 0 spiro atoms. The average molecular weight is 255 g/mol. The first kappa shape index (κ1) is 14.4. The fourth-order valence-corrected chi connectivity index (χ4v) is 1.25. The van der Waals surface area contributed by atoms with Crippen LogP contribution in [0, 0.1) is 0 Å². The Bertz CT molecular complexity index is 391. The average Bonchev–Trinajstić information content (AvgIpc) is 2.75. The van der Waals surface area contributed by atoms with E-state index < -0.39 is 6.04 Å². The second kappa shape index (κ2) is 6.34. The summed E-state index contributed by atoms with van der Waals surface area (Å²) in [6.45, 7) is 7.46. The van der Waals surface area contributed by atoms with Crippen LogP contribution in [-0.2, 0) is 4.79 Å². The molecule has 1 amide bonds. The van der Waals surface area contributed by atoms with Crippen molar-refractivity contribution in [1.29, 1.82) is 0 Å². The van der Waals surface area contributed by atoms with Crippen LogP contribution in [-0.4, -0.2) is 35.2 Å². The Hall–Kier alpha value is -1.63. The smallest absolute Gasteiger partial charge is 0.316 e. The number of aromatic nitrogens is 2. The van der Waals surface area contributed by atoms with Gasteiger partial charge in [-0.25, -0.2) is 0 Å². The molecule has 2 atom stereocenters. The number of nitrogens with zero attached hydrogens (tertiary/aromatic N) is 2. The third-order valence-electron chi connectivity index (χ3n) is 2.41. The van der Waals surface area contributed by atoms with Gasteiger partial charge in [0, 0.05) is 6.04 Å². The van der Waals surface area contributed by atoms with E-state index in [4.69, 9.17) is 4.42 Å². The van der Waals surface area contributed by atoms with E-state index in [1.165, 1.54) is 0 Å². The van der Waals surface area contributed by atoms with Crippen molar-refractivity contribution in [2.24, 2.45) is 0 Å². The van der Waals surface area contributed by atoms with Crippen LogP contribution in [0.2, 0.25) is 0 Å². The second-order valence-corrected chi connectivity index (χ2v) is 4.49. The first-order valence-corrected chi connectivity index (χ1v) is 6.01. The van der Waals surface area contributed by atoms with Gasteiger partial charge in [-0.15, -0.1) is 5.10 Å². The summed E-state index contributed by atoms with van der Waals surface area (Å²) >= 11 is 0. The van der Waals surface area contributed by atoms with E-state index in [1.807, 2.05) is 20.8 Å². The zero-order chi connectivity index (χ0) is 13.7. The predicted molar refractivity (Wildman–Crippen MR) is 68.1 cm³/mol. The number of rotatable bonds is 6. The van der Waals surface area contributed by atoms with E-state index in [9.17, 15) is 4.79 Å². The highest BCUT2D eigenvalue weighted by Gasteiger charge is 2.17. The van der Waals surface area contributed by atoms with E-state index in [0.717, 1.165) is 0 Å². The highest BCUT2D eigenvalue weighted by atomic mass is 16.4. The van der Waals surface area contributed by atoms with Gasteiger partial charge in [-0.2, -0.15) is 0 Å². The third kappa shape index (κ3) is 3.99. The third-order valence-corrected chi connectivity index (χ3v) is 2.41. The van der Waals surface area contributed by atoms with Crippen LogP contribution in [0.5, 0.6) is 0 Å². The molecule has 1 rings (SSSR count). The minimum absolute atomic E-state index is 0.0205. The monoisotopic (exact) mass is 255 g/mol. The summed E-state index contributed by atoms with van der Waals surface area (Å²) in [4.78, 5) is 11.7. The van der Waals surface area contributed by atoms with Crippen LogP contribution >= 0.6 is 0 Å². The van der Waals surface area contributed by atoms with Gasteiger partial charge < -0.3 is 20.4 Å². The van der Waals surface area contributed by atoms with E-state index in [1.54, 1.807) is 14.0 Å². The normalized spacial score (nSPS) is 14.3. The molecule has 0 aliphatic heterocycles. The highest BCUT2D eigenvalue weighted by Crippen LogP contribution is 2.13. The molecule has 7 heteroatoms. The molecule has 3 N–H and O–H groups in total.